The van der Waals surface area contributed by atoms with Crippen molar-refractivity contribution in [3.05, 3.63) is 17.1 Å². The Labute approximate surface area is 100 Å². The van der Waals surface area contributed by atoms with E-state index in [0.29, 0.717) is 18.1 Å². The summed E-state index contributed by atoms with van der Waals surface area (Å²) in [5.74, 6) is 0.268. The van der Waals surface area contributed by atoms with E-state index in [9.17, 15) is 4.79 Å². The summed E-state index contributed by atoms with van der Waals surface area (Å²) < 4.78 is 0. The normalized spacial score (nSPS) is 15.1. The first-order valence-corrected chi connectivity index (χ1v) is 6.03. The molecule has 17 heavy (non-hydrogen) atoms. The zero-order valence-electron chi connectivity index (χ0n) is 9.78. The summed E-state index contributed by atoms with van der Waals surface area (Å²) >= 11 is 0. The molecule has 0 fully saturated rings. The Morgan fingerprint density at radius 1 is 1.24 bits per heavy atom. The number of carbonyl (C=O) groups is 1. The van der Waals surface area contributed by atoms with Gasteiger partial charge >= 0.3 is 5.97 Å². The van der Waals surface area contributed by atoms with Gasteiger partial charge < -0.3 is 10.8 Å². The molecule has 1 aliphatic rings. The van der Waals surface area contributed by atoms with E-state index in [-0.39, 0.29) is 6.42 Å². The summed E-state index contributed by atoms with van der Waals surface area (Å²) in [6.45, 7) is 0. The van der Waals surface area contributed by atoms with Crippen LogP contribution in [0.2, 0.25) is 0 Å². The van der Waals surface area contributed by atoms with Crippen molar-refractivity contribution in [1.29, 1.82) is 0 Å². The molecule has 0 bridgehead atoms. The number of nitrogens with zero attached hydrogens (tertiary/aromatic N) is 2. The van der Waals surface area contributed by atoms with Gasteiger partial charge in [-0.05, 0) is 25.7 Å². The first-order valence-electron chi connectivity index (χ1n) is 6.03. The molecule has 3 N–H and O–H groups in total. The van der Waals surface area contributed by atoms with E-state index in [1.807, 2.05) is 0 Å². The summed E-state index contributed by atoms with van der Waals surface area (Å²) in [7, 11) is 0. The number of nitrogen functional groups attached to an aromatic ring is 1. The number of anilines is 1. The van der Waals surface area contributed by atoms with Crippen LogP contribution in [0, 0.1) is 0 Å². The van der Waals surface area contributed by atoms with Crippen molar-refractivity contribution in [1.82, 2.24) is 9.97 Å². The number of hydrogen-bond acceptors (Lipinski definition) is 4. The third kappa shape index (κ3) is 2.93. The number of aryl methyl sites for hydroxylation is 2. The minimum atomic E-state index is -0.831. The second-order valence-corrected chi connectivity index (χ2v) is 4.40. The Balaban J connectivity index is 2.22. The van der Waals surface area contributed by atoms with Crippen molar-refractivity contribution in [3.8, 4) is 0 Å². The number of rotatable bonds is 3. The van der Waals surface area contributed by atoms with Gasteiger partial charge in [-0.1, -0.05) is 6.42 Å². The number of carboxylic acids is 1. The highest BCUT2D eigenvalue weighted by Gasteiger charge is 2.15. The van der Waals surface area contributed by atoms with Crippen molar-refractivity contribution >= 4 is 11.8 Å². The summed E-state index contributed by atoms with van der Waals surface area (Å²) in [5.41, 5.74) is 8.01. The molecule has 2 rings (SSSR count). The lowest BCUT2D eigenvalue weighted by molar-refractivity contribution is -0.137. The van der Waals surface area contributed by atoms with Crippen LogP contribution >= 0.6 is 0 Å². The van der Waals surface area contributed by atoms with Gasteiger partial charge in [-0.3, -0.25) is 4.79 Å². The average molecular weight is 235 g/mol. The van der Waals surface area contributed by atoms with Gasteiger partial charge in [0.15, 0.2) is 0 Å². The first kappa shape index (κ1) is 11.8. The summed E-state index contributed by atoms with van der Waals surface area (Å²) in [4.78, 5) is 19.2. The zero-order valence-corrected chi connectivity index (χ0v) is 9.78. The van der Waals surface area contributed by atoms with Crippen LogP contribution in [-0.4, -0.2) is 21.0 Å². The molecule has 0 radical (unpaired) electrons. The summed E-state index contributed by atoms with van der Waals surface area (Å²) in [5, 5.41) is 8.64. The van der Waals surface area contributed by atoms with E-state index in [4.69, 9.17) is 10.8 Å². The molecule has 1 aromatic heterocycles. The van der Waals surface area contributed by atoms with Crippen LogP contribution in [0.1, 0.15) is 42.8 Å². The molecule has 0 aliphatic heterocycles. The minimum absolute atomic E-state index is 0.0538. The van der Waals surface area contributed by atoms with Crippen LogP contribution in [-0.2, 0) is 24.1 Å². The molecule has 0 unspecified atom stereocenters. The van der Waals surface area contributed by atoms with E-state index < -0.39 is 5.97 Å². The highest BCUT2D eigenvalue weighted by molar-refractivity contribution is 5.66. The van der Waals surface area contributed by atoms with Crippen molar-refractivity contribution in [2.24, 2.45) is 0 Å². The van der Waals surface area contributed by atoms with Gasteiger partial charge in [0, 0.05) is 17.7 Å². The molecule has 1 aliphatic carbocycles. The van der Waals surface area contributed by atoms with E-state index in [1.165, 1.54) is 6.42 Å². The maximum Gasteiger partial charge on any atom is 0.303 e. The Morgan fingerprint density at radius 3 is 2.76 bits per heavy atom. The molecule has 0 saturated heterocycles. The highest BCUT2D eigenvalue weighted by atomic mass is 16.4. The topological polar surface area (TPSA) is 89.1 Å². The standard InChI is InChI=1S/C12H17N3O2/c13-12-8-4-2-1-3-5-9(8)14-10(15-12)6-7-11(16)17/h1-7H2,(H,16,17)(H2,13,14,15). The maximum absolute atomic E-state index is 10.5. The largest absolute Gasteiger partial charge is 0.481 e. The van der Waals surface area contributed by atoms with Crippen LogP contribution < -0.4 is 5.73 Å². The van der Waals surface area contributed by atoms with Crippen molar-refractivity contribution < 1.29 is 9.90 Å². The number of hydrogen-bond donors (Lipinski definition) is 2. The second-order valence-electron chi connectivity index (χ2n) is 4.40. The lowest BCUT2D eigenvalue weighted by Gasteiger charge is -2.09. The lowest BCUT2D eigenvalue weighted by atomic mass is 10.1. The van der Waals surface area contributed by atoms with Gasteiger partial charge in [-0.25, -0.2) is 9.97 Å². The number of nitrogens with two attached hydrogens (primary N) is 1. The molecule has 0 aromatic carbocycles. The van der Waals surface area contributed by atoms with Crippen molar-refractivity contribution in [3.63, 3.8) is 0 Å². The molecule has 5 nitrogen and oxygen atoms in total. The Hall–Kier alpha value is -1.65. The Bertz CT molecular complexity index is 432. The molecule has 92 valence electrons. The van der Waals surface area contributed by atoms with Crippen LogP contribution in [0.3, 0.4) is 0 Å². The fourth-order valence-corrected chi connectivity index (χ4v) is 2.18. The first-order chi connectivity index (χ1) is 8.16. The fraction of sp³-hybridized carbons (Fsp3) is 0.583. The summed E-state index contributed by atoms with van der Waals surface area (Å²) in [6, 6.07) is 0. The van der Waals surface area contributed by atoms with Gasteiger partial charge in [-0.2, -0.15) is 0 Å². The molecule has 0 saturated carbocycles. The molecular formula is C12H17N3O2. The van der Waals surface area contributed by atoms with Crippen LogP contribution in [0.25, 0.3) is 0 Å². The molecular weight excluding hydrogens is 218 g/mol. The number of aromatic nitrogens is 2. The summed E-state index contributed by atoms with van der Waals surface area (Å²) in [6.07, 6.45) is 5.74. The smallest absolute Gasteiger partial charge is 0.303 e. The number of aliphatic carboxylic acids is 1. The van der Waals surface area contributed by atoms with Gasteiger partial charge in [0.05, 0.1) is 6.42 Å². The lowest BCUT2D eigenvalue weighted by Crippen LogP contribution is -2.10. The van der Waals surface area contributed by atoms with Gasteiger partial charge in [0.2, 0.25) is 0 Å². The van der Waals surface area contributed by atoms with Crippen molar-refractivity contribution in [2.75, 3.05) is 5.73 Å². The molecule has 0 amide bonds. The fourth-order valence-electron chi connectivity index (χ4n) is 2.18. The van der Waals surface area contributed by atoms with E-state index in [1.54, 1.807) is 0 Å². The van der Waals surface area contributed by atoms with Crippen LogP contribution in [0.4, 0.5) is 5.82 Å². The average Bonchev–Trinajstić information content (AvgIpc) is 2.51. The molecule has 1 heterocycles. The number of fused-ring (bicyclic) bond motifs is 1. The quantitative estimate of drug-likeness (QED) is 0.772. The van der Waals surface area contributed by atoms with E-state index in [0.717, 1.165) is 36.9 Å². The second kappa shape index (κ2) is 5.12. The van der Waals surface area contributed by atoms with Crippen LogP contribution in [0.15, 0.2) is 0 Å². The monoisotopic (exact) mass is 235 g/mol. The minimum Gasteiger partial charge on any atom is -0.481 e. The Kier molecular flexibility index (Phi) is 3.56. The molecule has 0 atom stereocenters. The molecule has 5 heteroatoms. The van der Waals surface area contributed by atoms with E-state index in [2.05, 4.69) is 9.97 Å². The van der Waals surface area contributed by atoms with Gasteiger partial charge in [0.1, 0.15) is 11.6 Å². The molecule has 1 aromatic rings. The Morgan fingerprint density at radius 2 is 2.00 bits per heavy atom. The maximum atomic E-state index is 10.5. The third-order valence-corrected chi connectivity index (χ3v) is 3.07. The third-order valence-electron chi connectivity index (χ3n) is 3.07. The molecule has 0 spiro atoms. The number of carboxylic acid groups (broad SMARTS) is 1. The van der Waals surface area contributed by atoms with E-state index >= 15 is 0 Å². The van der Waals surface area contributed by atoms with Crippen molar-refractivity contribution in [2.45, 2.75) is 44.9 Å². The van der Waals surface area contributed by atoms with Crippen LogP contribution in [0.5, 0.6) is 0 Å². The SMILES string of the molecule is Nc1nc(CCC(=O)O)nc2c1CCCCC2. The predicted octanol–water partition coefficient (Wildman–Crippen LogP) is 1.34. The van der Waals surface area contributed by atoms with Gasteiger partial charge in [-0.15, -0.1) is 0 Å². The predicted molar refractivity (Wildman–Crippen MR) is 63.7 cm³/mol. The zero-order chi connectivity index (χ0) is 12.3. The van der Waals surface area contributed by atoms with Gasteiger partial charge in [0.25, 0.3) is 0 Å². The highest BCUT2D eigenvalue weighted by Crippen LogP contribution is 2.23.